The summed E-state index contributed by atoms with van der Waals surface area (Å²) in [5.41, 5.74) is 2.53. The number of benzene rings is 2. The van der Waals surface area contributed by atoms with E-state index in [1.165, 1.54) is 17.7 Å². The number of nitrogens with zero attached hydrogens (tertiary/aromatic N) is 1. The van der Waals surface area contributed by atoms with Crippen molar-refractivity contribution in [1.29, 1.82) is 0 Å². The third-order valence-corrected chi connectivity index (χ3v) is 4.28. The fourth-order valence-electron chi connectivity index (χ4n) is 2.65. The number of carbonyl (C=O) groups excluding carboxylic acids is 1. The molecule has 1 saturated heterocycles. The summed E-state index contributed by atoms with van der Waals surface area (Å²) in [6, 6.07) is 11.9. The van der Waals surface area contributed by atoms with Crippen molar-refractivity contribution in [3.05, 3.63) is 70.0 Å². The lowest BCUT2D eigenvalue weighted by molar-refractivity contribution is -0.0228. The molecule has 120 valence electrons. The van der Waals surface area contributed by atoms with Gasteiger partial charge in [0.25, 0.3) is 5.91 Å². The SMILES string of the molecule is Cc1ccc(C2CN(C(=O)c3ccc(F)cc3Cl)CCO2)cc1. The number of hydrogen-bond donors (Lipinski definition) is 0. The van der Waals surface area contributed by atoms with Gasteiger partial charge in [0, 0.05) is 6.54 Å². The second-order valence-electron chi connectivity index (χ2n) is 5.65. The van der Waals surface area contributed by atoms with Crippen LogP contribution in [0.4, 0.5) is 4.39 Å². The van der Waals surface area contributed by atoms with Gasteiger partial charge in [-0.25, -0.2) is 4.39 Å². The third-order valence-electron chi connectivity index (χ3n) is 3.96. The average molecular weight is 334 g/mol. The monoisotopic (exact) mass is 333 g/mol. The summed E-state index contributed by atoms with van der Waals surface area (Å²) < 4.78 is 18.9. The van der Waals surface area contributed by atoms with E-state index in [-0.39, 0.29) is 17.0 Å². The maximum atomic E-state index is 13.1. The highest BCUT2D eigenvalue weighted by atomic mass is 35.5. The average Bonchev–Trinajstić information content (AvgIpc) is 2.55. The molecule has 0 N–H and O–H groups in total. The van der Waals surface area contributed by atoms with E-state index in [0.717, 1.165) is 11.6 Å². The minimum absolute atomic E-state index is 0.133. The number of amides is 1. The van der Waals surface area contributed by atoms with E-state index in [4.69, 9.17) is 16.3 Å². The van der Waals surface area contributed by atoms with Crippen molar-refractivity contribution in [3.63, 3.8) is 0 Å². The lowest BCUT2D eigenvalue weighted by atomic mass is 10.1. The Morgan fingerprint density at radius 2 is 2.00 bits per heavy atom. The molecular weight excluding hydrogens is 317 g/mol. The van der Waals surface area contributed by atoms with Gasteiger partial charge >= 0.3 is 0 Å². The Hall–Kier alpha value is -1.91. The Labute approximate surface area is 139 Å². The van der Waals surface area contributed by atoms with E-state index < -0.39 is 5.82 Å². The maximum absolute atomic E-state index is 13.1. The van der Waals surface area contributed by atoms with Crippen LogP contribution in [-0.4, -0.2) is 30.5 Å². The smallest absolute Gasteiger partial charge is 0.255 e. The van der Waals surface area contributed by atoms with Gasteiger partial charge in [-0.2, -0.15) is 0 Å². The van der Waals surface area contributed by atoms with Crippen LogP contribution in [-0.2, 0) is 4.74 Å². The van der Waals surface area contributed by atoms with Gasteiger partial charge in [-0.1, -0.05) is 41.4 Å². The molecule has 1 heterocycles. The van der Waals surface area contributed by atoms with Crippen molar-refractivity contribution in [1.82, 2.24) is 4.90 Å². The quantitative estimate of drug-likeness (QED) is 0.831. The standard InChI is InChI=1S/C18H17ClFNO2/c1-12-2-4-13(5-3-12)17-11-21(8-9-23-17)18(22)15-7-6-14(20)10-16(15)19/h2-7,10,17H,8-9,11H2,1H3. The molecule has 0 bridgehead atoms. The molecule has 2 aromatic rings. The number of hydrogen-bond acceptors (Lipinski definition) is 2. The molecule has 1 amide bonds. The molecule has 1 atom stereocenters. The highest BCUT2D eigenvalue weighted by Gasteiger charge is 2.27. The Bertz CT molecular complexity index is 717. The zero-order valence-electron chi connectivity index (χ0n) is 12.8. The lowest BCUT2D eigenvalue weighted by Gasteiger charge is -2.33. The number of halogens is 2. The van der Waals surface area contributed by atoms with E-state index >= 15 is 0 Å². The molecule has 3 nitrogen and oxygen atoms in total. The summed E-state index contributed by atoms with van der Waals surface area (Å²) in [5, 5.41) is 0.133. The van der Waals surface area contributed by atoms with Gasteiger partial charge in [-0.05, 0) is 30.7 Å². The lowest BCUT2D eigenvalue weighted by Crippen LogP contribution is -2.42. The van der Waals surface area contributed by atoms with E-state index in [2.05, 4.69) is 0 Å². The van der Waals surface area contributed by atoms with Gasteiger partial charge in [0.05, 0.1) is 23.7 Å². The molecule has 1 aliphatic rings. The number of ether oxygens (including phenoxy) is 1. The normalized spacial score (nSPS) is 18.0. The summed E-state index contributed by atoms with van der Waals surface area (Å²) in [5.74, 6) is -0.651. The topological polar surface area (TPSA) is 29.5 Å². The first-order chi connectivity index (χ1) is 11.0. The van der Waals surface area contributed by atoms with Crippen LogP contribution in [0.5, 0.6) is 0 Å². The van der Waals surface area contributed by atoms with Crippen LogP contribution in [0.3, 0.4) is 0 Å². The number of carbonyl (C=O) groups is 1. The molecular formula is C18H17ClFNO2. The molecule has 0 radical (unpaired) electrons. The minimum Gasteiger partial charge on any atom is -0.370 e. The van der Waals surface area contributed by atoms with Crippen molar-refractivity contribution in [2.75, 3.05) is 19.7 Å². The van der Waals surface area contributed by atoms with Crippen LogP contribution < -0.4 is 0 Å². The fourth-order valence-corrected chi connectivity index (χ4v) is 2.90. The van der Waals surface area contributed by atoms with Gasteiger partial charge in [-0.15, -0.1) is 0 Å². The summed E-state index contributed by atoms with van der Waals surface area (Å²) in [6.45, 7) is 3.44. The Morgan fingerprint density at radius 3 is 2.70 bits per heavy atom. The molecule has 1 unspecified atom stereocenters. The maximum Gasteiger partial charge on any atom is 0.255 e. The molecule has 1 aliphatic heterocycles. The van der Waals surface area contributed by atoms with Gasteiger partial charge in [0.1, 0.15) is 11.9 Å². The summed E-state index contributed by atoms with van der Waals surface area (Å²) in [4.78, 5) is 14.3. The van der Waals surface area contributed by atoms with Crippen molar-refractivity contribution >= 4 is 17.5 Å². The van der Waals surface area contributed by atoms with Gasteiger partial charge in [-0.3, -0.25) is 4.79 Å². The Kier molecular flexibility index (Phi) is 4.64. The van der Waals surface area contributed by atoms with Crippen molar-refractivity contribution in [3.8, 4) is 0 Å². The van der Waals surface area contributed by atoms with E-state index in [9.17, 15) is 9.18 Å². The van der Waals surface area contributed by atoms with Crippen LogP contribution in [0.2, 0.25) is 5.02 Å². The van der Waals surface area contributed by atoms with Crippen LogP contribution in [0.15, 0.2) is 42.5 Å². The molecule has 0 saturated carbocycles. The van der Waals surface area contributed by atoms with Crippen molar-refractivity contribution in [2.24, 2.45) is 0 Å². The zero-order valence-corrected chi connectivity index (χ0v) is 13.5. The minimum atomic E-state index is -0.453. The molecule has 3 rings (SSSR count). The van der Waals surface area contributed by atoms with Gasteiger partial charge < -0.3 is 9.64 Å². The van der Waals surface area contributed by atoms with Crippen molar-refractivity contribution in [2.45, 2.75) is 13.0 Å². The first kappa shape index (κ1) is 16.0. The van der Waals surface area contributed by atoms with Gasteiger partial charge in [0.15, 0.2) is 0 Å². The van der Waals surface area contributed by atoms with Crippen LogP contribution in [0.25, 0.3) is 0 Å². The third kappa shape index (κ3) is 3.54. The zero-order chi connectivity index (χ0) is 16.4. The van der Waals surface area contributed by atoms with E-state index in [1.54, 1.807) is 4.90 Å². The predicted molar refractivity (Wildman–Crippen MR) is 87.2 cm³/mol. The largest absolute Gasteiger partial charge is 0.370 e. The second-order valence-corrected chi connectivity index (χ2v) is 6.05. The van der Waals surface area contributed by atoms with E-state index in [0.29, 0.717) is 25.3 Å². The highest BCUT2D eigenvalue weighted by molar-refractivity contribution is 6.33. The molecule has 5 heteroatoms. The number of aryl methyl sites for hydroxylation is 1. The second kappa shape index (κ2) is 6.69. The first-order valence-corrected chi connectivity index (χ1v) is 7.85. The van der Waals surface area contributed by atoms with Crippen LogP contribution >= 0.6 is 11.6 Å². The van der Waals surface area contributed by atoms with Gasteiger partial charge in [0.2, 0.25) is 0 Å². The predicted octanol–water partition coefficient (Wildman–Crippen LogP) is 4.00. The first-order valence-electron chi connectivity index (χ1n) is 7.47. The molecule has 23 heavy (non-hydrogen) atoms. The number of morpholine rings is 1. The molecule has 0 spiro atoms. The number of rotatable bonds is 2. The summed E-state index contributed by atoms with van der Waals surface area (Å²) in [6.07, 6.45) is -0.160. The molecule has 2 aromatic carbocycles. The fraction of sp³-hybridized carbons (Fsp3) is 0.278. The van der Waals surface area contributed by atoms with Crippen LogP contribution in [0, 0.1) is 12.7 Å². The summed E-state index contributed by atoms with van der Waals surface area (Å²) >= 11 is 6.00. The van der Waals surface area contributed by atoms with Crippen LogP contribution in [0.1, 0.15) is 27.6 Å². The van der Waals surface area contributed by atoms with Crippen molar-refractivity contribution < 1.29 is 13.9 Å². The Morgan fingerprint density at radius 1 is 1.26 bits per heavy atom. The Balaban J connectivity index is 1.77. The summed E-state index contributed by atoms with van der Waals surface area (Å²) in [7, 11) is 0. The molecule has 0 aliphatic carbocycles. The van der Waals surface area contributed by atoms with E-state index in [1.807, 2.05) is 31.2 Å². The molecule has 1 fully saturated rings. The highest BCUT2D eigenvalue weighted by Crippen LogP contribution is 2.25. The molecule has 0 aromatic heterocycles.